The topological polar surface area (TPSA) is 52.2 Å². The second-order valence-corrected chi connectivity index (χ2v) is 2.67. The minimum atomic E-state index is -0.367. The molecule has 0 spiro atoms. The van der Waals surface area contributed by atoms with Crippen molar-refractivity contribution >= 4 is 6.29 Å². The van der Waals surface area contributed by atoms with Gasteiger partial charge in [-0.3, -0.25) is 4.57 Å². The number of oxazole rings is 1. The summed E-state index contributed by atoms with van der Waals surface area (Å²) in [4.78, 5) is 21.0. The van der Waals surface area contributed by atoms with Gasteiger partial charge in [0.05, 0.1) is 0 Å². The molecule has 0 aliphatic carbocycles. The van der Waals surface area contributed by atoms with E-state index in [1.807, 2.05) is 6.92 Å². The fourth-order valence-electron chi connectivity index (χ4n) is 1.05. The molecule has 1 heterocycles. The molecule has 1 unspecified atom stereocenters. The van der Waals surface area contributed by atoms with E-state index in [0.29, 0.717) is 12.8 Å². The molecule has 12 heavy (non-hydrogen) atoms. The molecule has 0 N–H and O–H groups in total. The minimum Gasteiger partial charge on any atom is -0.416 e. The van der Waals surface area contributed by atoms with Crippen molar-refractivity contribution in [1.82, 2.24) is 4.57 Å². The van der Waals surface area contributed by atoms with Crippen LogP contribution in [0.5, 0.6) is 0 Å². The van der Waals surface area contributed by atoms with Crippen LogP contribution in [0.25, 0.3) is 0 Å². The number of hydrogen-bond acceptors (Lipinski definition) is 3. The van der Waals surface area contributed by atoms with Gasteiger partial charge in [0.15, 0.2) is 0 Å². The summed E-state index contributed by atoms with van der Waals surface area (Å²) in [5.41, 5.74) is 0. The van der Waals surface area contributed by atoms with Crippen molar-refractivity contribution in [2.75, 3.05) is 0 Å². The monoisotopic (exact) mass is 169 g/mol. The maximum atomic E-state index is 10.9. The number of carbonyl (C=O) groups is 1. The van der Waals surface area contributed by atoms with Gasteiger partial charge in [-0.2, -0.15) is 0 Å². The largest absolute Gasteiger partial charge is 0.419 e. The molecule has 0 aromatic carbocycles. The second kappa shape index (κ2) is 3.90. The van der Waals surface area contributed by atoms with Gasteiger partial charge in [0.1, 0.15) is 12.5 Å². The first-order valence-electron chi connectivity index (χ1n) is 3.85. The van der Waals surface area contributed by atoms with Gasteiger partial charge in [-0.15, -0.1) is 0 Å². The van der Waals surface area contributed by atoms with Crippen LogP contribution in [0.2, 0.25) is 0 Å². The van der Waals surface area contributed by atoms with Crippen molar-refractivity contribution in [3.8, 4) is 0 Å². The average molecular weight is 169 g/mol. The summed E-state index contributed by atoms with van der Waals surface area (Å²) in [7, 11) is 0. The molecule has 0 saturated carbocycles. The van der Waals surface area contributed by atoms with Gasteiger partial charge in [-0.25, -0.2) is 4.79 Å². The van der Waals surface area contributed by atoms with Gasteiger partial charge in [-0.1, -0.05) is 0 Å². The van der Waals surface area contributed by atoms with E-state index in [0.717, 1.165) is 6.29 Å². The van der Waals surface area contributed by atoms with Crippen LogP contribution in [0, 0.1) is 0 Å². The molecule has 0 aliphatic rings. The van der Waals surface area contributed by atoms with E-state index in [1.54, 1.807) is 6.20 Å². The van der Waals surface area contributed by atoms with Crippen LogP contribution in [0.4, 0.5) is 0 Å². The fraction of sp³-hybridized carbons (Fsp3) is 0.500. The third-order valence-electron chi connectivity index (χ3n) is 1.78. The quantitative estimate of drug-likeness (QED) is 0.631. The number of aromatic nitrogens is 1. The molecule has 0 saturated heterocycles. The lowest BCUT2D eigenvalue weighted by molar-refractivity contribution is -0.108. The number of nitrogens with zero attached hydrogens (tertiary/aromatic N) is 1. The van der Waals surface area contributed by atoms with Crippen molar-refractivity contribution in [2.45, 2.75) is 25.8 Å². The first-order chi connectivity index (χ1) is 5.75. The highest BCUT2D eigenvalue weighted by Gasteiger charge is 2.06. The molecule has 1 rings (SSSR count). The van der Waals surface area contributed by atoms with Crippen LogP contribution in [0.1, 0.15) is 25.8 Å². The number of rotatable bonds is 4. The van der Waals surface area contributed by atoms with Gasteiger partial charge >= 0.3 is 5.76 Å². The van der Waals surface area contributed by atoms with E-state index in [9.17, 15) is 9.59 Å². The Bertz CT molecular complexity index is 299. The van der Waals surface area contributed by atoms with Crippen LogP contribution < -0.4 is 5.76 Å². The average Bonchev–Trinajstić information content (AvgIpc) is 2.47. The Hall–Kier alpha value is -1.32. The predicted octanol–water partition coefficient (Wildman–Crippen LogP) is 0.981. The van der Waals surface area contributed by atoms with Crippen molar-refractivity contribution in [2.24, 2.45) is 0 Å². The van der Waals surface area contributed by atoms with E-state index in [2.05, 4.69) is 4.42 Å². The lowest BCUT2D eigenvalue weighted by Gasteiger charge is -2.07. The Morgan fingerprint density at radius 3 is 3.00 bits per heavy atom. The van der Waals surface area contributed by atoms with Gasteiger partial charge in [0.2, 0.25) is 0 Å². The van der Waals surface area contributed by atoms with Crippen molar-refractivity contribution in [3.63, 3.8) is 0 Å². The van der Waals surface area contributed by atoms with Crippen LogP contribution in [0.3, 0.4) is 0 Å². The molecule has 1 aromatic rings. The summed E-state index contributed by atoms with van der Waals surface area (Å²) in [6.45, 7) is 1.88. The third-order valence-corrected chi connectivity index (χ3v) is 1.78. The minimum absolute atomic E-state index is 0.0291. The summed E-state index contributed by atoms with van der Waals surface area (Å²) < 4.78 is 6.06. The first-order valence-corrected chi connectivity index (χ1v) is 3.85. The Kier molecular flexibility index (Phi) is 2.85. The molecule has 0 bridgehead atoms. The SMILES string of the molecule is CC(CCC=O)n1ccoc1=O. The molecule has 1 atom stereocenters. The molecule has 4 heteroatoms. The molecule has 0 aliphatic heterocycles. The van der Waals surface area contributed by atoms with Gasteiger partial charge < -0.3 is 9.21 Å². The summed E-state index contributed by atoms with van der Waals surface area (Å²) in [5, 5.41) is 0. The second-order valence-electron chi connectivity index (χ2n) is 2.67. The fourth-order valence-corrected chi connectivity index (χ4v) is 1.05. The maximum Gasteiger partial charge on any atom is 0.419 e. The van der Waals surface area contributed by atoms with Crippen molar-refractivity contribution in [3.05, 3.63) is 23.0 Å². The summed E-state index contributed by atoms with van der Waals surface area (Å²) >= 11 is 0. The van der Waals surface area contributed by atoms with Crippen LogP contribution in [0.15, 0.2) is 21.7 Å². The molecular formula is C8H11NO3. The van der Waals surface area contributed by atoms with Crippen molar-refractivity contribution < 1.29 is 9.21 Å². The lowest BCUT2D eigenvalue weighted by Crippen LogP contribution is -2.17. The maximum absolute atomic E-state index is 10.9. The molecule has 0 amide bonds. The van der Waals surface area contributed by atoms with Gasteiger partial charge in [0, 0.05) is 18.7 Å². The number of aldehydes is 1. The van der Waals surface area contributed by atoms with Crippen LogP contribution in [-0.2, 0) is 4.79 Å². The number of hydrogen-bond donors (Lipinski definition) is 0. The standard InChI is InChI=1S/C8H11NO3/c1-7(3-2-5-10)9-4-6-12-8(9)11/h4-7H,2-3H2,1H3. The van der Waals surface area contributed by atoms with E-state index in [-0.39, 0.29) is 11.8 Å². The zero-order valence-electron chi connectivity index (χ0n) is 6.90. The first kappa shape index (κ1) is 8.77. The normalized spacial score (nSPS) is 12.8. The Labute approximate surface area is 69.8 Å². The molecule has 4 nitrogen and oxygen atoms in total. The highest BCUT2D eigenvalue weighted by Crippen LogP contribution is 2.08. The molecule has 1 aromatic heterocycles. The molecule has 0 radical (unpaired) electrons. The molecule has 66 valence electrons. The van der Waals surface area contributed by atoms with Gasteiger partial charge in [-0.05, 0) is 13.3 Å². The van der Waals surface area contributed by atoms with E-state index < -0.39 is 0 Å². The van der Waals surface area contributed by atoms with Crippen LogP contribution >= 0.6 is 0 Å². The summed E-state index contributed by atoms with van der Waals surface area (Å²) in [5.74, 6) is -0.367. The Morgan fingerprint density at radius 1 is 1.75 bits per heavy atom. The van der Waals surface area contributed by atoms with E-state index in [1.165, 1.54) is 10.8 Å². The zero-order chi connectivity index (χ0) is 8.97. The van der Waals surface area contributed by atoms with Crippen molar-refractivity contribution in [1.29, 1.82) is 0 Å². The smallest absolute Gasteiger partial charge is 0.416 e. The summed E-state index contributed by atoms with van der Waals surface area (Å²) in [6, 6.07) is 0.0291. The predicted molar refractivity (Wildman–Crippen MR) is 43.0 cm³/mol. The highest BCUT2D eigenvalue weighted by molar-refractivity contribution is 5.49. The highest BCUT2D eigenvalue weighted by atomic mass is 16.4. The lowest BCUT2D eigenvalue weighted by atomic mass is 10.2. The third kappa shape index (κ3) is 1.84. The molecular weight excluding hydrogens is 158 g/mol. The Balaban J connectivity index is 2.64. The Morgan fingerprint density at radius 2 is 2.50 bits per heavy atom. The van der Waals surface area contributed by atoms with E-state index >= 15 is 0 Å². The van der Waals surface area contributed by atoms with E-state index in [4.69, 9.17) is 0 Å². The van der Waals surface area contributed by atoms with Gasteiger partial charge in [0.25, 0.3) is 0 Å². The summed E-state index contributed by atoms with van der Waals surface area (Å²) in [6.07, 6.45) is 4.92. The zero-order valence-corrected chi connectivity index (χ0v) is 6.90. The number of carbonyl (C=O) groups excluding carboxylic acids is 1. The van der Waals surface area contributed by atoms with Crippen LogP contribution in [-0.4, -0.2) is 10.9 Å². The molecule has 0 fully saturated rings.